The maximum Gasteiger partial charge on any atom is 0.229 e. The van der Waals surface area contributed by atoms with E-state index < -0.39 is 24.6 Å². The zero-order valence-corrected chi connectivity index (χ0v) is 10.8. The van der Waals surface area contributed by atoms with Crippen LogP contribution in [0.5, 0.6) is 11.5 Å². The highest BCUT2D eigenvalue weighted by molar-refractivity contribution is 5.42. The molecule has 1 heterocycles. The number of benzene rings is 1. The van der Waals surface area contributed by atoms with E-state index in [0.29, 0.717) is 13.0 Å². The van der Waals surface area contributed by atoms with Crippen LogP contribution in [0.15, 0.2) is 18.2 Å². The molecule has 7 heteroatoms. The van der Waals surface area contributed by atoms with Crippen LogP contribution in [0.3, 0.4) is 0 Å². The second-order valence-electron chi connectivity index (χ2n) is 4.71. The lowest BCUT2D eigenvalue weighted by Gasteiger charge is -2.35. The smallest absolute Gasteiger partial charge is 0.229 e. The van der Waals surface area contributed by atoms with Crippen LogP contribution in [-0.2, 0) is 11.2 Å². The largest absolute Gasteiger partial charge is 0.504 e. The van der Waals surface area contributed by atoms with Crippen molar-refractivity contribution in [1.82, 2.24) is 0 Å². The summed E-state index contributed by atoms with van der Waals surface area (Å²) in [6, 6.07) is 4.79. The topological polar surface area (TPSA) is 125 Å². The first-order valence-electron chi connectivity index (χ1n) is 6.37. The van der Waals surface area contributed by atoms with E-state index in [1.165, 1.54) is 12.1 Å². The van der Waals surface area contributed by atoms with Crippen LogP contribution in [0.4, 0.5) is 0 Å². The maximum absolute atomic E-state index is 9.84. The monoisotopic (exact) mass is 285 g/mol. The molecule has 20 heavy (non-hydrogen) atoms. The van der Waals surface area contributed by atoms with Gasteiger partial charge in [-0.1, -0.05) is 6.07 Å². The van der Waals surface area contributed by atoms with Crippen molar-refractivity contribution < 1.29 is 29.9 Å². The molecule has 0 radical (unpaired) electrons. The lowest BCUT2D eigenvalue weighted by Crippen LogP contribution is -2.54. The number of ether oxygens (including phenoxy) is 2. The highest BCUT2D eigenvalue weighted by atomic mass is 16.7. The number of aromatic hydroxyl groups is 1. The zero-order chi connectivity index (χ0) is 14.7. The molecule has 112 valence electrons. The number of hydrogen-bond acceptors (Lipinski definition) is 7. The fourth-order valence-corrected chi connectivity index (χ4v) is 1.99. The van der Waals surface area contributed by atoms with Crippen LogP contribution in [0.25, 0.3) is 0 Å². The van der Waals surface area contributed by atoms with E-state index in [-0.39, 0.29) is 18.1 Å². The SMILES string of the molecule is NCCc1ccc(OC2OC[C@@H](O)[C@H](O)[C@H]2O)c(O)c1. The summed E-state index contributed by atoms with van der Waals surface area (Å²) in [5.74, 6) is 0.0192. The summed E-state index contributed by atoms with van der Waals surface area (Å²) >= 11 is 0. The molecule has 1 aliphatic rings. The van der Waals surface area contributed by atoms with Gasteiger partial charge in [-0.15, -0.1) is 0 Å². The first kappa shape index (κ1) is 15.0. The fourth-order valence-electron chi connectivity index (χ4n) is 1.99. The van der Waals surface area contributed by atoms with Crippen LogP contribution in [0, 0.1) is 0 Å². The molecule has 0 saturated carbocycles. The minimum Gasteiger partial charge on any atom is -0.504 e. The van der Waals surface area contributed by atoms with Gasteiger partial charge in [0.2, 0.25) is 6.29 Å². The summed E-state index contributed by atoms with van der Waals surface area (Å²) in [7, 11) is 0. The third-order valence-corrected chi connectivity index (χ3v) is 3.15. The van der Waals surface area contributed by atoms with Gasteiger partial charge in [0.25, 0.3) is 0 Å². The maximum atomic E-state index is 9.84. The first-order chi connectivity index (χ1) is 9.52. The van der Waals surface area contributed by atoms with Crippen LogP contribution >= 0.6 is 0 Å². The lowest BCUT2D eigenvalue weighted by molar-refractivity contribution is -0.242. The number of phenolic OH excluding ortho intramolecular Hbond substituents is 1. The van der Waals surface area contributed by atoms with Crippen molar-refractivity contribution >= 4 is 0 Å². The van der Waals surface area contributed by atoms with Crippen molar-refractivity contribution in [2.45, 2.75) is 31.0 Å². The van der Waals surface area contributed by atoms with Crippen LogP contribution < -0.4 is 10.5 Å². The molecule has 4 atom stereocenters. The van der Waals surface area contributed by atoms with Crippen molar-refractivity contribution in [3.63, 3.8) is 0 Å². The molecule has 0 bridgehead atoms. The predicted molar refractivity (Wildman–Crippen MR) is 69.3 cm³/mol. The van der Waals surface area contributed by atoms with E-state index in [1.807, 2.05) is 0 Å². The number of rotatable bonds is 4. The standard InChI is InChI=1S/C13H19NO6/c14-4-3-7-1-2-10(8(15)5-7)20-13-12(18)11(17)9(16)6-19-13/h1-2,5,9,11-13,15-18H,3-4,6,14H2/t9-,11+,12-,13?/m1/s1. The summed E-state index contributed by atoms with van der Waals surface area (Å²) in [6.07, 6.45) is -4.44. The highest BCUT2D eigenvalue weighted by Crippen LogP contribution is 2.30. The lowest BCUT2D eigenvalue weighted by atomic mass is 10.1. The molecule has 1 aromatic carbocycles. The minimum absolute atomic E-state index is 0.104. The van der Waals surface area contributed by atoms with E-state index in [4.69, 9.17) is 15.2 Å². The summed E-state index contributed by atoms with van der Waals surface area (Å²) in [6.45, 7) is 0.309. The van der Waals surface area contributed by atoms with Crippen LogP contribution in [0.2, 0.25) is 0 Å². The normalized spacial score (nSPS) is 30.2. The molecular formula is C13H19NO6. The molecule has 1 fully saturated rings. The molecule has 6 N–H and O–H groups in total. The van der Waals surface area contributed by atoms with E-state index in [2.05, 4.69) is 0 Å². The van der Waals surface area contributed by atoms with Crippen molar-refractivity contribution in [3.05, 3.63) is 23.8 Å². The Morgan fingerprint density at radius 3 is 2.65 bits per heavy atom. The van der Waals surface area contributed by atoms with E-state index >= 15 is 0 Å². The Bertz CT molecular complexity index is 454. The van der Waals surface area contributed by atoms with Crippen LogP contribution in [0.1, 0.15) is 5.56 Å². The Morgan fingerprint density at radius 2 is 2.00 bits per heavy atom. The average molecular weight is 285 g/mol. The van der Waals surface area contributed by atoms with Crippen LogP contribution in [-0.4, -0.2) is 58.2 Å². The average Bonchev–Trinajstić information content (AvgIpc) is 2.42. The second kappa shape index (κ2) is 6.38. The summed E-state index contributed by atoms with van der Waals surface area (Å²) in [4.78, 5) is 0. The first-order valence-corrected chi connectivity index (χ1v) is 6.37. The molecule has 1 saturated heterocycles. The molecule has 2 rings (SSSR count). The number of phenols is 1. The molecule has 1 aromatic rings. The van der Waals surface area contributed by atoms with Gasteiger partial charge in [0.1, 0.15) is 18.3 Å². The van der Waals surface area contributed by atoms with Crippen molar-refractivity contribution in [3.8, 4) is 11.5 Å². The third kappa shape index (κ3) is 3.20. The Labute approximate surface area is 116 Å². The van der Waals surface area contributed by atoms with Gasteiger partial charge >= 0.3 is 0 Å². The number of nitrogens with two attached hydrogens (primary N) is 1. The van der Waals surface area contributed by atoms with Crippen molar-refractivity contribution in [2.75, 3.05) is 13.2 Å². The summed E-state index contributed by atoms with van der Waals surface area (Å²) < 4.78 is 10.4. The summed E-state index contributed by atoms with van der Waals surface area (Å²) in [5, 5.41) is 38.5. The molecular weight excluding hydrogens is 266 g/mol. The molecule has 0 amide bonds. The minimum atomic E-state index is -1.40. The third-order valence-electron chi connectivity index (χ3n) is 3.15. The predicted octanol–water partition coefficient (Wildman–Crippen LogP) is -1.29. The van der Waals surface area contributed by atoms with Gasteiger partial charge in [0.05, 0.1) is 6.61 Å². The van der Waals surface area contributed by atoms with E-state index in [0.717, 1.165) is 5.56 Å². The van der Waals surface area contributed by atoms with Gasteiger partial charge < -0.3 is 35.6 Å². The second-order valence-corrected chi connectivity index (χ2v) is 4.71. The van der Waals surface area contributed by atoms with E-state index in [1.54, 1.807) is 6.07 Å². The Morgan fingerprint density at radius 1 is 1.25 bits per heavy atom. The van der Waals surface area contributed by atoms with Gasteiger partial charge in [-0.05, 0) is 30.7 Å². The van der Waals surface area contributed by atoms with Gasteiger partial charge in [-0.3, -0.25) is 0 Å². The molecule has 0 aromatic heterocycles. The van der Waals surface area contributed by atoms with Crippen molar-refractivity contribution in [2.24, 2.45) is 5.73 Å². The molecule has 1 aliphatic heterocycles. The molecule has 0 aliphatic carbocycles. The van der Waals surface area contributed by atoms with Crippen molar-refractivity contribution in [1.29, 1.82) is 0 Å². The van der Waals surface area contributed by atoms with Gasteiger partial charge in [0.15, 0.2) is 11.5 Å². The Balaban J connectivity index is 2.06. The number of aliphatic hydroxyl groups is 3. The van der Waals surface area contributed by atoms with Gasteiger partial charge in [0, 0.05) is 0 Å². The van der Waals surface area contributed by atoms with E-state index in [9.17, 15) is 20.4 Å². The Kier molecular flexibility index (Phi) is 4.79. The zero-order valence-electron chi connectivity index (χ0n) is 10.8. The van der Waals surface area contributed by atoms with Gasteiger partial charge in [-0.2, -0.15) is 0 Å². The quantitative estimate of drug-likeness (QED) is 0.466. The van der Waals surface area contributed by atoms with Gasteiger partial charge in [-0.25, -0.2) is 0 Å². The molecule has 1 unspecified atom stereocenters. The fraction of sp³-hybridized carbons (Fsp3) is 0.538. The highest BCUT2D eigenvalue weighted by Gasteiger charge is 2.39. The molecule has 7 nitrogen and oxygen atoms in total. The summed E-state index contributed by atoms with van der Waals surface area (Å²) in [5.41, 5.74) is 6.29. The number of hydrogen-bond donors (Lipinski definition) is 5. The Hall–Kier alpha value is -1.38. The number of aliphatic hydroxyl groups excluding tert-OH is 3. The molecule has 0 spiro atoms.